The molecule has 1 fully saturated rings. The lowest BCUT2D eigenvalue weighted by atomic mass is 9.68. The molecule has 2 aliphatic carbocycles. The van der Waals surface area contributed by atoms with Crippen molar-refractivity contribution in [1.82, 2.24) is 0 Å². The van der Waals surface area contributed by atoms with Crippen LogP contribution in [-0.2, 0) is 10.5 Å². The number of hydrogen-bond donors (Lipinski definition) is 0. The molecule has 28 heavy (non-hydrogen) atoms. The Morgan fingerprint density at radius 2 is 1.82 bits per heavy atom. The summed E-state index contributed by atoms with van der Waals surface area (Å²) in [6.45, 7) is 14.2. The molecule has 0 N–H and O–H groups in total. The van der Waals surface area contributed by atoms with Gasteiger partial charge in [-0.25, -0.2) is 0 Å². The minimum absolute atomic E-state index is 0.0605. The van der Waals surface area contributed by atoms with E-state index in [9.17, 15) is 0 Å². The van der Waals surface area contributed by atoms with Gasteiger partial charge in [-0.3, -0.25) is 0 Å². The average Bonchev–Trinajstić information content (AvgIpc) is 3.04. The highest BCUT2D eigenvalue weighted by molar-refractivity contribution is 6.84. The van der Waals surface area contributed by atoms with Gasteiger partial charge in [-0.05, 0) is 54.8 Å². The number of allylic oxidation sites excluding steroid dienone is 2. The van der Waals surface area contributed by atoms with Crippen molar-refractivity contribution in [1.29, 1.82) is 0 Å². The largest absolute Gasteiger partial charge is 0.414 e. The van der Waals surface area contributed by atoms with Crippen LogP contribution < -0.4 is 0 Å². The van der Waals surface area contributed by atoms with Gasteiger partial charge in [0.05, 0.1) is 8.07 Å². The van der Waals surface area contributed by atoms with Gasteiger partial charge in [0.1, 0.15) is 0 Å². The highest BCUT2D eigenvalue weighted by Gasteiger charge is 2.53. The molecule has 156 valence electrons. The van der Waals surface area contributed by atoms with E-state index in [1.165, 1.54) is 10.8 Å². The summed E-state index contributed by atoms with van der Waals surface area (Å²) in [5, 5.41) is 1.42. The maximum atomic E-state index is 8.75. The summed E-state index contributed by atoms with van der Waals surface area (Å²) in [7, 11) is -3.94. The Balaban J connectivity index is 1.97. The van der Waals surface area contributed by atoms with Crippen molar-refractivity contribution in [3.05, 3.63) is 47.2 Å². The first kappa shape index (κ1) is 18.1. The molecule has 1 saturated carbocycles. The number of hydrogen-bond acceptors (Lipinski definition) is 1. The summed E-state index contributed by atoms with van der Waals surface area (Å²) < 4.78 is 33.2. The Bertz CT molecular complexity index is 808. The van der Waals surface area contributed by atoms with E-state index >= 15 is 0 Å². The van der Waals surface area contributed by atoms with Crippen LogP contribution in [0.2, 0.25) is 31.2 Å². The molecule has 3 rings (SSSR count). The first-order valence-corrected chi connectivity index (χ1v) is 17.2. The predicted molar refractivity (Wildman–Crippen MR) is 128 cm³/mol. The lowest BCUT2D eigenvalue weighted by Crippen LogP contribution is -2.51. The molecule has 0 saturated heterocycles. The molecule has 0 bridgehead atoms. The van der Waals surface area contributed by atoms with Crippen molar-refractivity contribution in [2.75, 3.05) is 0 Å². The lowest BCUT2D eigenvalue weighted by molar-refractivity contribution is 0.0218. The van der Waals surface area contributed by atoms with Gasteiger partial charge in [0.15, 0.2) is 8.32 Å². The molecule has 2 aliphatic rings. The van der Waals surface area contributed by atoms with Crippen molar-refractivity contribution in [2.45, 2.75) is 96.7 Å². The van der Waals surface area contributed by atoms with Crippen LogP contribution >= 0.6 is 0 Å². The summed E-state index contributed by atoms with van der Waals surface area (Å²) in [5.41, 5.74) is 0.622. The van der Waals surface area contributed by atoms with E-state index in [2.05, 4.69) is 83.4 Å². The second-order valence-electron chi connectivity index (χ2n) is 11.3. The van der Waals surface area contributed by atoms with Crippen molar-refractivity contribution in [2.24, 2.45) is 11.3 Å². The minimum atomic E-state index is -1.99. The third-order valence-corrected chi connectivity index (χ3v) is 15.6. The van der Waals surface area contributed by atoms with E-state index in [1.54, 1.807) is 0 Å². The monoisotopic (exact) mass is 417 g/mol. The van der Waals surface area contributed by atoms with Crippen molar-refractivity contribution >= 4 is 16.4 Å². The lowest BCUT2D eigenvalue weighted by Gasteiger charge is -2.50. The molecule has 0 heterocycles. The summed E-state index contributed by atoms with van der Waals surface area (Å²) in [5.74, 6) is 0.0837. The number of fused-ring (bicyclic) bond motifs is 1. The van der Waals surface area contributed by atoms with Crippen LogP contribution in [0.15, 0.2) is 41.6 Å². The smallest absolute Gasteiger partial charge is 0.192 e. The topological polar surface area (TPSA) is 9.23 Å². The third kappa shape index (κ3) is 4.13. The maximum Gasteiger partial charge on any atom is 0.192 e. The average molecular weight is 418 g/mol. The summed E-state index contributed by atoms with van der Waals surface area (Å²) in [6.07, 6.45) is 5.99. The Kier molecular flexibility index (Phi) is 4.90. The molecule has 3 heteroatoms. The fraction of sp³-hybridized carbons (Fsp3) is 0.680. The van der Waals surface area contributed by atoms with Crippen molar-refractivity contribution in [3.63, 3.8) is 0 Å². The van der Waals surface area contributed by atoms with Gasteiger partial charge in [0.2, 0.25) is 0 Å². The zero-order chi connectivity index (χ0) is 23.3. The summed E-state index contributed by atoms with van der Waals surface area (Å²) >= 11 is 0. The molecule has 0 spiro atoms. The molecule has 3 atom stereocenters. The van der Waals surface area contributed by atoms with E-state index in [0.717, 1.165) is 31.7 Å². The first-order valence-electron chi connectivity index (χ1n) is 12.5. The fourth-order valence-corrected chi connectivity index (χ4v) is 10.2. The van der Waals surface area contributed by atoms with E-state index in [0.29, 0.717) is 0 Å². The normalized spacial score (nSPS) is 30.8. The molecule has 0 aliphatic heterocycles. The van der Waals surface area contributed by atoms with Crippen molar-refractivity contribution in [3.8, 4) is 0 Å². The Hall–Kier alpha value is -0.646. The molecule has 0 unspecified atom stereocenters. The van der Waals surface area contributed by atoms with Crippen LogP contribution in [0.4, 0.5) is 0 Å². The van der Waals surface area contributed by atoms with Crippen molar-refractivity contribution < 1.29 is 8.54 Å². The van der Waals surface area contributed by atoms with Crippen LogP contribution in [0.25, 0.3) is 0 Å². The SMILES string of the molecule is [2H]C([2H])([2H])[C@]12CCC[C@@H](O[Si](C)(C)C(C)(C)C)[C@@H]1CC=C2[Si](C)(C)Cc1ccccc1. The van der Waals surface area contributed by atoms with E-state index < -0.39 is 28.7 Å². The Morgan fingerprint density at radius 3 is 2.43 bits per heavy atom. The van der Waals surface area contributed by atoms with Gasteiger partial charge in [-0.2, -0.15) is 0 Å². The molecule has 0 aromatic heterocycles. The molecule has 1 nitrogen and oxygen atoms in total. The molecule has 1 aromatic rings. The van der Waals surface area contributed by atoms with Crippen LogP contribution in [-0.4, -0.2) is 22.5 Å². The number of benzene rings is 1. The van der Waals surface area contributed by atoms with Crippen LogP contribution in [0, 0.1) is 11.3 Å². The Labute approximate surface area is 180 Å². The maximum absolute atomic E-state index is 8.75. The second-order valence-corrected chi connectivity index (χ2v) is 20.7. The van der Waals surface area contributed by atoms with Gasteiger partial charge < -0.3 is 4.43 Å². The summed E-state index contributed by atoms with van der Waals surface area (Å²) in [4.78, 5) is 0. The third-order valence-electron chi connectivity index (χ3n) is 7.67. The van der Waals surface area contributed by atoms with Gasteiger partial charge in [0, 0.05) is 10.2 Å². The van der Waals surface area contributed by atoms with Crippen LogP contribution in [0.5, 0.6) is 0 Å². The quantitative estimate of drug-likeness (QED) is 0.449. The number of rotatable bonds is 5. The van der Waals surface area contributed by atoms with Gasteiger partial charge in [0.25, 0.3) is 0 Å². The standard InChI is InChI=1S/C25H42OSi2/c1-24(2,3)28(7,8)26-22-15-12-18-25(4)21(22)16-17-23(25)27(5,6)19-20-13-10-9-11-14-20/h9-11,13-14,17,21-22H,12,15-16,18-19H2,1-8H3/t21-,22+,25-/m0/s1/i4D3. The first-order chi connectivity index (χ1) is 14.1. The molecular weight excluding hydrogens is 372 g/mol. The predicted octanol–water partition coefficient (Wildman–Crippen LogP) is 7.54. The minimum Gasteiger partial charge on any atom is -0.414 e. The highest BCUT2D eigenvalue weighted by Crippen LogP contribution is 2.57. The zero-order valence-corrected chi connectivity index (χ0v) is 21.1. The second kappa shape index (κ2) is 7.55. The highest BCUT2D eigenvalue weighted by atomic mass is 28.4. The van der Waals surface area contributed by atoms with Crippen LogP contribution in [0.1, 0.15) is 63.0 Å². The molecule has 0 radical (unpaired) electrons. The van der Waals surface area contributed by atoms with E-state index in [1.807, 2.05) is 0 Å². The van der Waals surface area contributed by atoms with E-state index in [4.69, 9.17) is 8.54 Å². The molecular formula is C25H42OSi2. The fourth-order valence-electron chi connectivity index (χ4n) is 5.18. The van der Waals surface area contributed by atoms with Gasteiger partial charge >= 0.3 is 0 Å². The van der Waals surface area contributed by atoms with Gasteiger partial charge in [-0.1, -0.05) is 94.3 Å². The molecule has 1 aromatic carbocycles. The molecule has 0 amide bonds. The zero-order valence-electron chi connectivity index (χ0n) is 22.1. The summed E-state index contributed by atoms with van der Waals surface area (Å²) in [6, 6.07) is 11.6. The van der Waals surface area contributed by atoms with Crippen LogP contribution in [0.3, 0.4) is 0 Å². The van der Waals surface area contributed by atoms with Gasteiger partial charge in [-0.15, -0.1) is 0 Å². The Morgan fingerprint density at radius 1 is 1.14 bits per heavy atom. The van der Waals surface area contributed by atoms with E-state index in [-0.39, 0.29) is 17.1 Å².